The summed E-state index contributed by atoms with van der Waals surface area (Å²) in [5, 5.41) is 6.99. The Morgan fingerprint density at radius 2 is 2.28 bits per heavy atom. The van der Waals surface area contributed by atoms with Crippen molar-refractivity contribution in [2.75, 3.05) is 0 Å². The van der Waals surface area contributed by atoms with Gasteiger partial charge < -0.3 is 5.32 Å². The molecule has 94 valence electrons. The minimum absolute atomic E-state index is 0.113. The second kappa shape index (κ2) is 5.44. The molecule has 0 saturated carbocycles. The van der Waals surface area contributed by atoms with E-state index in [-0.39, 0.29) is 5.91 Å². The number of hydrogen-bond acceptors (Lipinski definition) is 3. The van der Waals surface area contributed by atoms with Gasteiger partial charge in [0.25, 0.3) is 5.91 Å². The first-order chi connectivity index (χ1) is 8.72. The van der Waals surface area contributed by atoms with Gasteiger partial charge in [-0.1, -0.05) is 6.07 Å². The van der Waals surface area contributed by atoms with Gasteiger partial charge >= 0.3 is 0 Å². The number of rotatable bonds is 4. The van der Waals surface area contributed by atoms with Crippen LogP contribution in [0.5, 0.6) is 0 Å². The highest BCUT2D eigenvalue weighted by molar-refractivity contribution is 5.94. The minimum Gasteiger partial charge on any atom is -0.346 e. The Labute approximate surface area is 106 Å². The number of aromatic nitrogens is 3. The molecule has 0 unspecified atom stereocenters. The Bertz CT molecular complexity index is 533. The fourth-order valence-electron chi connectivity index (χ4n) is 1.76. The molecule has 1 amide bonds. The van der Waals surface area contributed by atoms with E-state index in [1.54, 1.807) is 17.1 Å². The molecule has 0 saturated heterocycles. The van der Waals surface area contributed by atoms with Crippen molar-refractivity contribution in [3.63, 3.8) is 0 Å². The van der Waals surface area contributed by atoms with E-state index in [4.69, 9.17) is 0 Å². The molecule has 2 heterocycles. The molecule has 0 fully saturated rings. The third-order valence-corrected chi connectivity index (χ3v) is 2.80. The number of hydrogen-bond donors (Lipinski definition) is 1. The third-order valence-electron chi connectivity index (χ3n) is 2.80. The summed E-state index contributed by atoms with van der Waals surface area (Å²) in [6.45, 7) is 5.08. The van der Waals surface area contributed by atoms with Crippen LogP contribution in [-0.2, 0) is 13.1 Å². The van der Waals surface area contributed by atoms with Crippen LogP contribution in [0.4, 0.5) is 0 Å². The SMILES string of the molecule is CCn1ncc(C(=O)NCc2ccccn2)c1C. The van der Waals surface area contributed by atoms with Crippen LogP contribution in [0.1, 0.15) is 28.7 Å². The molecule has 2 rings (SSSR count). The van der Waals surface area contributed by atoms with Gasteiger partial charge in [0, 0.05) is 18.4 Å². The summed E-state index contributed by atoms with van der Waals surface area (Å²) in [5.74, 6) is -0.113. The Kier molecular flexibility index (Phi) is 3.72. The Morgan fingerprint density at radius 3 is 2.89 bits per heavy atom. The standard InChI is InChI=1S/C13H16N4O/c1-3-17-10(2)12(9-16-17)13(18)15-8-11-6-4-5-7-14-11/h4-7,9H,3,8H2,1-2H3,(H,15,18). The maximum absolute atomic E-state index is 12.0. The van der Waals surface area contributed by atoms with Crippen LogP contribution in [-0.4, -0.2) is 20.7 Å². The molecule has 0 bridgehead atoms. The van der Waals surface area contributed by atoms with Crippen molar-refractivity contribution >= 4 is 5.91 Å². The molecule has 0 aliphatic carbocycles. The van der Waals surface area contributed by atoms with Crippen molar-refractivity contribution in [3.8, 4) is 0 Å². The summed E-state index contributed by atoms with van der Waals surface area (Å²) in [6, 6.07) is 5.62. The smallest absolute Gasteiger partial charge is 0.255 e. The summed E-state index contributed by atoms with van der Waals surface area (Å²) >= 11 is 0. The highest BCUT2D eigenvalue weighted by Gasteiger charge is 2.13. The number of carbonyl (C=O) groups excluding carboxylic acids is 1. The molecule has 18 heavy (non-hydrogen) atoms. The van der Waals surface area contributed by atoms with Gasteiger partial charge in [-0.25, -0.2) is 0 Å². The lowest BCUT2D eigenvalue weighted by Crippen LogP contribution is -2.23. The van der Waals surface area contributed by atoms with Crippen LogP contribution in [0, 0.1) is 6.92 Å². The Hall–Kier alpha value is -2.17. The topological polar surface area (TPSA) is 59.8 Å². The number of carbonyl (C=O) groups is 1. The lowest BCUT2D eigenvalue weighted by Gasteiger charge is -2.04. The van der Waals surface area contributed by atoms with Crippen LogP contribution < -0.4 is 5.32 Å². The molecule has 5 heteroatoms. The van der Waals surface area contributed by atoms with Crippen LogP contribution >= 0.6 is 0 Å². The minimum atomic E-state index is -0.113. The number of aryl methyl sites for hydroxylation is 1. The van der Waals surface area contributed by atoms with E-state index in [0.717, 1.165) is 17.9 Å². The molecular weight excluding hydrogens is 228 g/mol. The lowest BCUT2D eigenvalue weighted by molar-refractivity contribution is 0.0949. The van der Waals surface area contributed by atoms with Gasteiger partial charge in [-0.15, -0.1) is 0 Å². The summed E-state index contributed by atoms with van der Waals surface area (Å²) in [5.41, 5.74) is 2.34. The zero-order chi connectivity index (χ0) is 13.0. The zero-order valence-electron chi connectivity index (χ0n) is 10.6. The van der Waals surface area contributed by atoms with Crippen molar-refractivity contribution in [2.45, 2.75) is 26.9 Å². The molecule has 5 nitrogen and oxygen atoms in total. The summed E-state index contributed by atoms with van der Waals surface area (Å²) < 4.78 is 1.80. The maximum atomic E-state index is 12.0. The van der Waals surface area contributed by atoms with E-state index in [2.05, 4.69) is 15.4 Å². The predicted octanol–water partition coefficient (Wildman–Crippen LogP) is 1.54. The van der Waals surface area contributed by atoms with Crippen LogP contribution in [0.25, 0.3) is 0 Å². The first-order valence-electron chi connectivity index (χ1n) is 5.93. The second-order valence-electron chi connectivity index (χ2n) is 3.96. The number of amides is 1. The van der Waals surface area contributed by atoms with Crippen LogP contribution in [0.2, 0.25) is 0 Å². The zero-order valence-corrected chi connectivity index (χ0v) is 10.6. The second-order valence-corrected chi connectivity index (χ2v) is 3.96. The van der Waals surface area contributed by atoms with Crippen molar-refractivity contribution in [2.24, 2.45) is 0 Å². The van der Waals surface area contributed by atoms with Crippen LogP contribution in [0.3, 0.4) is 0 Å². The van der Waals surface area contributed by atoms with Crippen molar-refractivity contribution in [3.05, 3.63) is 47.5 Å². The number of nitrogens with zero attached hydrogens (tertiary/aromatic N) is 3. The fourth-order valence-corrected chi connectivity index (χ4v) is 1.76. The average Bonchev–Trinajstić information content (AvgIpc) is 2.78. The highest BCUT2D eigenvalue weighted by Crippen LogP contribution is 2.07. The van der Waals surface area contributed by atoms with E-state index in [1.807, 2.05) is 32.0 Å². The predicted molar refractivity (Wildman–Crippen MR) is 68.0 cm³/mol. The van der Waals surface area contributed by atoms with Crippen LogP contribution in [0.15, 0.2) is 30.6 Å². The lowest BCUT2D eigenvalue weighted by atomic mass is 10.2. The van der Waals surface area contributed by atoms with Crippen molar-refractivity contribution in [1.29, 1.82) is 0 Å². The van der Waals surface area contributed by atoms with E-state index in [9.17, 15) is 4.79 Å². The molecule has 2 aromatic rings. The molecule has 0 atom stereocenters. The Morgan fingerprint density at radius 1 is 1.44 bits per heavy atom. The van der Waals surface area contributed by atoms with Gasteiger partial charge in [0.1, 0.15) is 0 Å². The summed E-state index contributed by atoms with van der Waals surface area (Å²) in [6.07, 6.45) is 3.31. The van der Waals surface area contributed by atoms with Crippen molar-refractivity contribution < 1.29 is 4.79 Å². The first-order valence-corrected chi connectivity index (χ1v) is 5.93. The van der Waals surface area contributed by atoms with Gasteiger partial charge in [0.15, 0.2) is 0 Å². The number of pyridine rings is 1. The molecule has 2 aromatic heterocycles. The van der Waals surface area contributed by atoms with Gasteiger partial charge in [0.2, 0.25) is 0 Å². The monoisotopic (exact) mass is 244 g/mol. The first kappa shape index (κ1) is 12.3. The van der Waals surface area contributed by atoms with E-state index < -0.39 is 0 Å². The van der Waals surface area contributed by atoms with Gasteiger partial charge in [-0.2, -0.15) is 5.10 Å². The number of nitrogens with one attached hydrogen (secondary N) is 1. The Balaban J connectivity index is 2.02. The molecule has 0 radical (unpaired) electrons. The molecule has 1 N–H and O–H groups in total. The van der Waals surface area contributed by atoms with Gasteiger partial charge in [0.05, 0.1) is 24.0 Å². The van der Waals surface area contributed by atoms with Gasteiger partial charge in [-0.05, 0) is 26.0 Å². The summed E-state index contributed by atoms with van der Waals surface area (Å²) in [7, 11) is 0. The molecule has 0 aliphatic rings. The normalized spacial score (nSPS) is 10.3. The molecule has 0 aromatic carbocycles. The van der Waals surface area contributed by atoms with Crippen molar-refractivity contribution in [1.82, 2.24) is 20.1 Å². The average molecular weight is 244 g/mol. The van der Waals surface area contributed by atoms with E-state index >= 15 is 0 Å². The molecular formula is C13H16N4O. The molecule has 0 aliphatic heterocycles. The van der Waals surface area contributed by atoms with Gasteiger partial charge in [-0.3, -0.25) is 14.5 Å². The maximum Gasteiger partial charge on any atom is 0.255 e. The quantitative estimate of drug-likeness (QED) is 0.887. The van der Waals surface area contributed by atoms with E-state index in [1.165, 1.54) is 0 Å². The largest absolute Gasteiger partial charge is 0.346 e. The highest BCUT2D eigenvalue weighted by atomic mass is 16.1. The third kappa shape index (κ3) is 2.56. The molecule has 0 spiro atoms. The van der Waals surface area contributed by atoms with E-state index in [0.29, 0.717) is 12.1 Å². The summed E-state index contributed by atoms with van der Waals surface area (Å²) in [4.78, 5) is 16.1. The fraction of sp³-hybridized carbons (Fsp3) is 0.308.